The maximum Gasteiger partial charge on any atom is 0.261 e. The lowest BCUT2D eigenvalue weighted by Gasteiger charge is -2.37. The van der Waals surface area contributed by atoms with E-state index in [2.05, 4.69) is 21.4 Å². The Kier molecular flexibility index (Phi) is 7.16. The van der Waals surface area contributed by atoms with Gasteiger partial charge in [0.2, 0.25) is 0 Å². The Balaban J connectivity index is 1.92. The molecule has 2 heterocycles. The van der Waals surface area contributed by atoms with Crippen LogP contribution >= 0.6 is 0 Å². The van der Waals surface area contributed by atoms with Gasteiger partial charge in [0, 0.05) is 29.1 Å². The summed E-state index contributed by atoms with van der Waals surface area (Å²) in [6.45, 7) is 6.83. The van der Waals surface area contributed by atoms with Crippen molar-refractivity contribution in [3.63, 3.8) is 0 Å². The van der Waals surface area contributed by atoms with E-state index in [4.69, 9.17) is 10.5 Å². The number of H-pyrrole nitrogens is 1. The fourth-order valence-electron chi connectivity index (χ4n) is 3.57. The molecule has 2 aromatic rings. The number of amidine groups is 1. The number of nitrogens with one attached hydrogen (secondary N) is 2. The summed E-state index contributed by atoms with van der Waals surface area (Å²) in [5.74, 6) is 0.0539. The van der Waals surface area contributed by atoms with Gasteiger partial charge in [0.25, 0.3) is 5.56 Å². The van der Waals surface area contributed by atoms with E-state index in [0.29, 0.717) is 42.3 Å². The zero-order valence-corrected chi connectivity index (χ0v) is 19.4. The molecule has 1 aromatic carbocycles. The summed E-state index contributed by atoms with van der Waals surface area (Å²) in [6.07, 6.45) is 3.12. The quantitative estimate of drug-likeness (QED) is 0.452. The smallest absolute Gasteiger partial charge is 0.261 e. The number of rotatable bonds is 6. The van der Waals surface area contributed by atoms with Crippen LogP contribution in [0.25, 0.3) is 0 Å². The van der Waals surface area contributed by atoms with Gasteiger partial charge in [-0.25, -0.2) is 4.99 Å². The zero-order valence-electron chi connectivity index (χ0n) is 18.6. The Hall–Kier alpha value is -2.96. The number of ether oxygens (including phenoxy) is 1. The fraction of sp³-hybridized carbons (Fsp3) is 0.435. The molecule has 0 aliphatic carbocycles. The molecule has 32 heavy (non-hydrogen) atoms. The van der Waals surface area contributed by atoms with Gasteiger partial charge in [-0.3, -0.25) is 9.00 Å². The van der Waals surface area contributed by atoms with E-state index in [1.54, 1.807) is 30.3 Å². The molecular weight excluding hydrogens is 426 g/mol. The molecule has 1 aliphatic rings. The molecule has 0 spiro atoms. The first-order valence-corrected chi connectivity index (χ1v) is 11.6. The van der Waals surface area contributed by atoms with Crippen molar-refractivity contribution in [2.24, 2.45) is 10.7 Å². The summed E-state index contributed by atoms with van der Waals surface area (Å²) in [6, 6.07) is 10.9. The number of aromatic amines is 1. The van der Waals surface area contributed by atoms with Gasteiger partial charge in [-0.1, -0.05) is 0 Å². The number of aliphatic imine (C=N–C) groups is 1. The van der Waals surface area contributed by atoms with Crippen molar-refractivity contribution >= 4 is 28.0 Å². The van der Waals surface area contributed by atoms with E-state index in [1.807, 2.05) is 20.8 Å². The second-order valence-electron chi connectivity index (χ2n) is 8.82. The highest BCUT2D eigenvalue weighted by Gasteiger charge is 2.33. The standard InChI is InChI=1S/C23H29N5O3S/c1-22(2,3)32(30)17-6-4-16(5-7-17)27-20(25)19-18(8-13-26-21(19)29)28-23(9-12-24)10-14-31-15-11-23/h4-8,13H,9-11,14-15H2,1-3H3,(H2,25,27)(H2,26,28,29). The van der Waals surface area contributed by atoms with Gasteiger partial charge >= 0.3 is 0 Å². The summed E-state index contributed by atoms with van der Waals surface area (Å²) >= 11 is 0. The third-order valence-corrected chi connectivity index (χ3v) is 7.15. The van der Waals surface area contributed by atoms with Gasteiger partial charge in [-0.2, -0.15) is 5.26 Å². The Morgan fingerprint density at radius 3 is 2.53 bits per heavy atom. The fourth-order valence-corrected chi connectivity index (χ4v) is 4.67. The number of nitrogens with two attached hydrogens (primary N) is 1. The van der Waals surface area contributed by atoms with Crippen LogP contribution < -0.4 is 16.6 Å². The minimum atomic E-state index is -1.16. The Morgan fingerprint density at radius 2 is 1.94 bits per heavy atom. The van der Waals surface area contributed by atoms with E-state index in [0.717, 1.165) is 0 Å². The molecule has 4 N–H and O–H groups in total. The molecule has 9 heteroatoms. The number of anilines is 1. The van der Waals surface area contributed by atoms with Crippen molar-refractivity contribution < 1.29 is 8.95 Å². The minimum absolute atomic E-state index is 0.0539. The lowest BCUT2D eigenvalue weighted by atomic mass is 9.86. The van der Waals surface area contributed by atoms with Crippen molar-refractivity contribution in [1.29, 1.82) is 5.26 Å². The topological polar surface area (TPSA) is 133 Å². The molecule has 170 valence electrons. The lowest BCUT2D eigenvalue weighted by Crippen LogP contribution is -2.44. The maximum atomic E-state index is 12.6. The summed E-state index contributed by atoms with van der Waals surface area (Å²) in [5.41, 5.74) is 6.68. The highest BCUT2D eigenvalue weighted by atomic mass is 32.2. The number of pyridine rings is 1. The van der Waals surface area contributed by atoms with Gasteiger partial charge in [0.1, 0.15) is 11.4 Å². The largest absolute Gasteiger partial charge is 0.383 e. The SMILES string of the molecule is CC(C)(C)S(=O)c1ccc(N=C(N)c2c(NC3(CC#N)CCOCC3)cc[nH]c2=O)cc1. The van der Waals surface area contributed by atoms with Crippen molar-refractivity contribution in [2.75, 3.05) is 18.5 Å². The van der Waals surface area contributed by atoms with E-state index < -0.39 is 16.3 Å². The summed E-state index contributed by atoms with van der Waals surface area (Å²) in [4.78, 5) is 20.4. The van der Waals surface area contributed by atoms with Crippen LogP contribution in [0.15, 0.2) is 51.2 Å². The predicted octanol–water partition coefficient (Wildman–Crippen LogP) is 3.19. The third kappa shape index (κ3) is 5.44. The van der Waals surface area contributed by atoms with Crippen LogP contribution in [-0.2, 0) is 15.5 Å². The normalized spacial score (nSPS) is 17.4. The van der Waals surface area contributed by atoms with Crippen LogP contribution in [0.4, 0.5) is 11.4 Å². The van der Waals surface area contributed by atoms with E-state index in [1.165, 1.54) is 6.20 Å². The Bertz CT molecular complexity index is 1100. The van der Waals surface area contributed by atoms with E-state index >= 15 is 0 Å². The van der Waals surface area contributed by atoms with Gasteiger partial charge < -0.3 is 20.8 Å². The first-order valence-electron chi connectivity index (χ1n) is 10.5. The molecule has 1 aliphatic heterocycles. The summed E-state index contributed by atoms with van der Waals surface area (Å²) < 4.78 is 17.6. The van der Waals surface area contributed by atoms with Gasteiger partial charge in [-0.15, -0.1) is 0 Å². The summed E-state index contributed by atoms with van der Waals surface area (Å²) in [7, 11) is -1.16. The molecule has 1 aromatic heterocycles. The van der Waals surface area contributed by atoms with Crippen LogP contribution in [0.2, 0.25) is 0 Å². The summed E-state index contributed by atoms with van der Waals surface area (Å²) in [5, 5.41) is 12.7. The average molecular weight is 456 g/mol. The number of nitriles is 1. The maximum absolute atomic E-state index is 12.6. The molecule has 0 saturated carbocycles. The molecular formula is C23H29N5O3S. The van der Waals surface area contributed by atoms with Gasteiger partial charge in [0.05, 0.1) is 40.2 Å². The van der Waals surface area contributed by atoms with Crippen molar-refractivity contribution in [1.82, 2.24) is 4.98 Å². The van der Waals surface area contributed by atoms with E-state index in [-0.39, 0.29) is 28.1 Å². The van der Waals surface area contributed by atoms with Crippen LogP contribution in [0, 0.1) is 11.3 Å². The molecule has 1 fully saturated rings. The molecule has 1 unspecified atom stereocenters. The molecule has 8 nitrogen and oxygen atoms in total. The second kappa shape index (κ2) is 9.67. The number of aromatic nitrogens is 1. The van der Waals surface area contributed by atoms with Crippen LogP contribution in [0.3, 0.4) is 0 Å². The average Bonchev–Trinajstić information content (AvgIpc) is 2.74. The highest BCUT2D eigenvalue weighted by Crippen LogP contribution is 2.30. The van der Waals surface area contributed by atoms with Gasteiger partial charge in [0.15, 0.2) is 0 Å². The van der Waals surface area contributed by atoms with Crippen LogP contribution in [0.1, 0.15) is 45.6 Å². The van der Waals surface area contributed by atoms with Gasteiger partial charge in [-0.05, 0) is 63.9 Å². The van der Waals surface area contributed by atoms with Crippen LogP contribution in [0.5, 0.6) is 0 Å². The van der Waals surface area contributed by atoms with Crippen molar-refractivity contribution in [3.8, 4) is 6.07 Å². The first kappa shape index (κ1) is 23.7. The van der Waals surface area contributed by atoms with E-state index in [9.17, 15) is 14.3 Å². The lowest BCUT2D eigenvalue weighted by molar-refractivity contribution is 0.0616. The van der Waals surface area contributed by atoms with Crippen molar-refractivity contribution in [2.45, 2.75) is 55.2 Å². The number of hydrogen-bond donors (Lipinski definition) is 3. The molecule has 1 atom stereocenters. The number of benzene rings is 1. The second-order valence-corrected chi connectivity index (χ2v) is 11.1. The van der Waals surface area contributed by atoms with Crippen LogP contribution in [-0.4, -0.2) is 38.5 Å². The third-order valence-electron chi connectivity index (χ3n) is 5.34. The molecule has 0 amide bonds. The Morgan fingerprint density at radius 1 is 1.28 bits per heavy atom. The molecule has 0 bridgehead atoms. The first-order chi connectivity index (χ1) is 15.1. The Labute approximate surface area is 190 Å². The molecule has 3 rings (SSSR count). The number of nitrogens with zero attached hydrogens (tertiary/aromatic N) is 2. The zero-order chi connectivity index (χ0) is 23.4. The molecule has 0 radical (unpaired) electrons. The predicted molar refractivity (Wildman–Crippen MR) is 127 cm³/mol. The molecule has 1 saturated heterocycles. The monoisotopic (exact) mass is 455 g/mol. The number of hydrogen-bond acceptors (Lipinski definition) is 6. The van der Waals surface area contributed by atoms with Crippen molar-refractivity contribution in [3.05, 3.63) is 52.4 Å². The highest BCUT2D eigenvalue weighted by molar-refractivity contribution is 7.86. The minimum Gasteiger partial charge on any atom is -0.383 e.